The van der Waals surface area contributed by atoms with Crippen LogP contribution < -0.4 is 10.9 Å². The third-order valence-corrected chi connectivity index (χ3v) is 5.51. The number of H-pyrrole nitrogens is 1. The van der Waals surface area contributed by atoms with Gasteiger partial charge in [0.05, 0.1) is 16.3 Å². The van der Waals surface area contributed by atoms with Gasteiger partial charge in [0.25, 0.3) is 5.91 Å². The van der Waals surface area contributed by atoms with Crippen LogP contribution in [0.15, 0.2) is 15.9 Å². The smallest absolute Gasteiger partial charge is 0.317 e. The van der Waals surface area contributed by atoms with E-state index in [0.29, 0.717) is 16.2 Å². The highest BCUT2D eigenvalue weighted by atomic mass is 32.2. The van der Waals surface area contributed by atoms with Gasteiger partial charge in [-0.05, 0) is 32.3 Å². The molecule has 146 valence electrons. The minimum atomic E-state index is -0.881. The molecule has 2 rings (SSSR count). The number of thioether (sulfide) groups is 1. The summed E-state index contributed by atoms with van der Waals surface area (Å²) in [6.07, 6.45) is 5.63. The zero-order chi connectivity index (χ0) is 19.8. The molecule has 1 aromatic heterocycles. The van der Waals surface area contributed by atoms with Gasteiger partial charge in [0.1, 0.15) is 6.07 Å². The maximum atomic E-state index is 12.2. The standard InChI is InChI=1S/C19H25N3O4S/c1-12-9-16(23)22-19(15(12)10-20)27-11-17(24)26-13(2)18(25)21-14-7-5-3-4-6-8-14/h9,13-14H,3-8,11H2,1-2H3,(H,21,25)(H,22,23)/t13-/m1/s1. The van der Waals surface area contributed by atoms with Crippen LogP contribution in [-0.4, -0.2) is 34.8 Å². The van der Waals surface area contributed by atoms with E-state index in [9.17, 15) is 19.6 Å². The Morgan fingerprint density at radius 2 is 2.04 bits per heavy atom. The van der Waals surface area contributed by atoms with Crippen molar-refractivity contribution in [2.24, 2.45) is 0 Å². The summed E-state index contributed by atoms with van der Waals surface area (Å²) in [6.45, 7) is 3.21. The van der Waals surface area contributed by atoms with Crippen LogP contribution >= 0.6 is 11.8 Å². The number of carbonyl (C=O) groups excluding carboxylic acids is 2. The number of aromatic nitrogens is 1. The van der Waals surface area contributed by atoms with Crippen molar-refractivity contribution in [1.82, 2.24) is 10.3 Å². The number of nitrogens with zero attached hydrogens (tertiary/aromatic N) is 1. The van der Waals surface area contributed by atoms with Gasteiger partial charge in [-0.3, -0.25) is 14.4 Å². The fourth-order valence-electron chi connectivity index (χ4n) is 3.06. The highest BCUT2D eigenvalue weighted by Crippen LogP contribution is 2.21. The van der Waals surface area contributed by atoms with Crippen LogP contribution in [0.5, 0.6) is 0 Å². The number of esters is 1. The Balaban J connectivity index is 1.85. The van der Waals surface area contributed by atoms with Gasteiger partial charge in [-0.2, -0.15) is 5.26 Å². The number of amides is 1. The molecule has 0 aromatic carbocycles. The Morgan fingerprint density at radius 3 is 2.67 bits per heavy atom. The number of pyridine rings is 1. The topological polar surface area (TPSA) is 112 Å². The molecule has 27 heavy (non-hydrogen) atoms. The minimum absolute atomic E-state index is 0.102. The highest BCUT2D eigenvalue weighted by molar-refractivity contribution is 7.99. The van der Waals surface area contributed by atoms with E-state index in [1.54, 1.807) is 13.8 Å². The van der Waals surface area contributed by atoms with E-state index in [4.69, 9.17) is 4.74 Å². The van der Waals surface area contributed by atoms with Gasteiger partial charge >= 0.3 is 5.97 Å². The average Bonchev–Trinajstić information content (AvgIpc) is 2.88. The van der Waals surface area contributed by atoms with Gasteiger partial charge in [-0.25, -0.2) is 0 Å². The SMILES string of the molecule is Cc1cc(=O)[nH]c(SCC(=O)O[C@H](C)C(=O)NC2CCCCCC2)c1C#N. The zero-order valence-corrected chi connectivity index (χ0v) is 16.5. The van der Waals surface area contributed by atoms with Crippen LogP contribution in [-0.2, 0) is 14.3 Å². The lowest BCUT2D eigenvalue weighted by atomic mass is 10.1. The summed E-state index contributed by atoms with van der Waals surface area (Å²) in [5.41, 5.74) is 0.540. The van der Waals surface area contributed by atoms with Gasteiger partial charge in [0.15, 0.2) is 6.10 Å². The monoisotopic (exact) mass is 391 g/mol. The van der Waals surface area contributed by atoms with Crippen molar-refractivity contribution in [2.45, 2.75) is 69.5 Å². The summed E-state index contributed by atoms with van der Waals surface area (Å²) < 4.78 is 5.19. The van der Waals surface area contributed by atoms with Gasteiger partial charge in [0.2, 0.25) is 5.56 Å². The van der Waals surface area contributed by atoms with Gasteiger partial charge in [-0.1, -0.05) is 37.4 Å². The predicted octanol–water partition coefficient (Wildman–Crippen LogP) is 2.42. The molecule has 1 saturated carbocycles. The largest absolute Gasteiger partial charge is 0.452 e. The number of carbonyl (C=O) groups is 2. The first-order chi connectivity index (χ1) is 12.9. The number of nitrogens with one attached hydrogen (secondary N) is 2. The Bertz CT molecular complexity index is 776. The third-order valence-electron chi connectivity index (χ3n) is 4.53. The molecule has 0 unspecified atom stereocenters. The van der Waals surface area contributed by atoms with E-state index < -0.39 is 12.1 Å². The summed E-state index contributed by atoms with van der Waals surface area (Å²) >= 11 is 1.02. The number of hydrogen-bond acceptors (Lipinski definition) is 6. The van der Waals surface area contributed by atoms with Crippen LogP contribution in [0.25, 0.3) is 0 Å². The van der Waals surface area contributed by atoms with Crippen molar-refractivity contribution in [3.63, 3.8) is 0 Å². The lowest BCUT2D eigenvalue weighted by Crippen LogP contribution is -2.42. The quantitative estimate of drug-likeness (QED) is 0.437. The molecule has 1 aromatic rings. The maximum Gasteiger partial charge on any atom is 0.317 e. The van der Waals surface area contributed by atoms with E-state index >= 15 is 0 Å². The van der Waals surface area contributed by atoms with Crippen LogP contribution in [0, 0.1) is 18.3 Å². The van der Waals surface area contributed by atoms with Gasteiger partial charge < -0.3 is 15.0 Å². The predicted molar refractivity (Wildman–Crippen MR) is 102 cm³/mol. The summed E-state index contributed by atoms with van der Waals surface area (Å²) in [7, 11) is 0. The number of hydrogen-bond donors (Lipinski definition) is 2. The molecule has 0 radical (unpaired) electrons. The molecule has 0 spiro atoms. The highest BCUT2D eigenvalue weighted by Gasteiger charge is 2.22. The summed E-state index contributed by atoms with van der Waals surface area (Å²) in [6, 6.07) is 3.50. The lowest BCUT2D eigenvalue weighted by Gasteiger charge is -2.19. The van der Waals surface area contributed by atoms with E-state index in [1.807, 2.05) is 6.07 Å². The van der Waals surface area contributed by atoms with Gasteiger partial charge in [-0.15, -0.1) is 0 Å². The Hall–Kier alpha value is -2.27. The zero-order valence-electron chi connectivity index (χ0n) is 15.7. The summed E-state index contributed by atoms with van der Waals surface area (Å²) in [4.78, 5) is 38.4. The van der Waals surface area contributed by atoms with E-state index in [-0.39, 0.29) is 23.3 Å². The second kappa shape index (κ2) is 10.2. The van der Waals surface area contributed by atoms with Crippen LogP contribution in [0.4, 0.5) is 0 Å². The average molecular weight is 391 g/mol. The normalized spacial score (nSPS) is 16.0. The molecule has 1 heterocycles. The van der Waals surface area contributed by atoms with E-state index in [0.717, 1.165) is 37.4 Å². The summed E-state index contributed by atoms with van der Waals surface area (Å²) in [5.74, 6) is -0.966. The maximum absolute atomic E-state index is 12.2. The van der Waals surface area contributed by atoms with Crippen molar-refractivity contribution in [3.8, 4) is 6.07 Å². The van der Waals surface area contributed by atoms with Crippen LogP contribution in [0.2, 0.25) is 0 Å². The fourth-order valence-corrected chi connectivity index (χ4v) is 3.92. The molecule has 8 heteroatoms. The molecule has 1 amide bonds. The second-order valence-corrected chi connectivity index (χ2v) is 7.74. The summed E-state index contributed by atoms with van der Waals surface area (Å²) in [5, 5.41) is 12.5. The number of ether oxygens (including phenoxy) is 1. The fraction of sp³-hybridized carbons (Fsp3) is 0.579. The van der Waals surface area contributed by atoms with Crippen molar-refractivity contribution in [3.05, 3.63) is 27.5 Å². The van der Waals surface area contributed by atoms with Gasteiger partial charge in [0, 0.05) is 12.1 Å². The number of rotatable bonds is 6. The van der Waals surface area contributed by atoms with E-state index in [1.165, 1.54) is 18.9 Å². The molecular formula is C19H25N3O4S. The number of aryl methyl sites for hydroxylation is 1. The molecule has 1 fully saturated rings. The number of nitriles is 1. The minimum Gasteiger partial charge on any atom is -0.452 e. The third kappa shape index (κ3) is 6.43. The van der Waals surface area contributed by atoms with Crippen LogP contribution in [0.3, 0.4) is 0 Å². The Kier molecular flexibility index (Phi) is 7.92. The molecule has 7 nitrogen and oxygen atoms in total. The Labute approximate surface area is 162 Å². The van der Waals surface area contributed by atoms with Crippen molar-refractivity contribution < 1.29 is 14.3 Å². The first kappa shape index (κ1) is 21.0. The molecule has 0 saturated heterocycles. The second-order valence-electron chi connectivity index (χ2n) is 6.75. The molecular weight excluding hydrogens is 366 g/mol. The first-order valence-corrected chi connectivity index (χ1v) is 10.2. The van der Waals surface area contributed by atoms with Crippen molar-refractivity contribution in [2.75, 3.05) is 5.75 Å². The molecule has 1 atom stereocenters. The molecule has 0 bridgehead atoms. The van der Waals surface area contributed by atoms with Crippen molar-refractivity contribution >= 4 is 23.6 Å². The molecule has 0 aliphatic heterocycles. The van der Waals surface area contributed by atoms with Crippen molar-refractivity contribution in [1.29, 1.82) is 5.26 Å². The van der Waals surface area contributed by atoms with E-state index in [2.05, 4.69) is 10.3 Å². The number of aromatic amines is 1. The van der Waals surface area contributed by atoms with Crippen LogP contribution in [0.1, 0.15) is 56.6 Å². The molecule has 2 N–H and O–H groups in total. The first-order valence-electron chi connectivity index (χ1n) is 9.17. The Morgan fingerprint density at radius 1 is 1.37 bits per heavy atom. The lowest BCUT2D eigenvalue weighted by molar-refractivity contribution is -0.152. The molecule has 1 aliphatic rings. The molecule has 1 aliphatic carbocycles.